The Kier molecular flexibility index (Phi) is 7.83. The SMILES string of the molecule is CCn1nc(C(=O)NCC2CCC(C)CC2)c(Cl)c1-c1cnc(NC2CCC(F)(F)C2)cc1OC. The number of nitrogens with one attached hydrogen (secondary N) is 2. The maximum absolute atomic E-state index is 13.6. The molecule has 2 aliphatic rings. The molecule has 2 fully saturated rings. The van der Waals surface area contributed by atoms with Crippen LogP contribution in [-0.4, -0.2) is 46.3 Å². The zero-order chi connectivity index (χ0) is 25.2. The second kappa shape index (κ2) is 10.7. The number of alkyl halides is 2. The molecule has 35 heavy (non-hydrogen) atoms. The van der Waals surface area contributed by atoms with E-state index in [0.717, 1.165) is 18.8 Å². The van der Waals surface area contributed by atoms with Crippen LogP contribution >= 0.6 is 11.6 Å². The van der Waals surface area contributed by atoms with E-state index in [2.05, 4.69) is 27.6 Å². The van der Waals surface area contributed by atoms with Crippen molar-refractivity contribution < 1.29 is 18.3 Å². The Bertz CT molecular complexity index is 1050. The lowest BCUT2D eigenvalue weighted by Crippen LogP contribution is -2.31. The summed E-state index contributed by atoms with van der Waals surface area (Å²) >= 11 is 6.69. The molecule has 2 heterocycles. The van der Waals surface area contributed by atoms with Gasteiger partial charge in [0.25, 0.3) is 5.91 Å². The van der Waals surface area contributed by atoms with Crippen molar-refractivity contribution in [2.75, 3.05) is 19.0 Å². The Morgan fingerprint density at radius 2 is 2.03 bits per heavy atom. The van der Waals surface area contributed by atoms with Crippen molar-refractivity contribution in [3.63, 3.8) is 0 Å². The Labute approximate surface area is 210 Å². The van der Waals surface area contributed by atoms with Gasteiger partial charge >= 0.3 is 0 Å². The maximum atomic E-state index is 13.6. The number of pyridine rings is 1. The molecule has 1 amide bonds. The predicted octanol–water partition coefficient (Wildman–Crippen LogP) is 5.78. The molecule has 2 saturated carbocycles. The van der Waals surface area contributed by atoms with Gasteiger partial charge in [-0.3, -0.25) is 9.48 Å². The minimum Gasteiger partial charge on any atom is -0.496 e. The number of carbonyl (C=O) groups excluding carboxylic acids is 1. The van der Waals surface area contributed by atoms with E-state index in [0.29, 0.717) is 48.3 Å². The molecule has 0 saturated heterocycles. The van der Waals surface area contributed by atoms with E-state index in [1.807, 2.05) is 6.92 Å². The van der Waals surface area contributed by atoms with Gasteiger partial charge in [0.15, 0.2) is 5.69 Å². The fourth-order valence-corrected chi connectivity index (χ4v) is 5.39. The number of halogens is 3. The van der Waals surface area contributed by atoms with Crippen LogP contribution in [-0.2, 0) is 6.54 Å². The Balaban J connectivity index is 1.52. The molecule has 0 aromatic carbocycles. The zero-order valence-corrected chi connectivity index (χ0v) is 21.3. The predicted molar refractivity (Wildman–Crippen MR) is 132 cm³/mol. The summed E-state index contributed by atoms with van der Waals surface area (Å²) in [7, 11) is 1.52. The van der Waals surface area contributed by atoms with Crippen molar-refractivity contribution >= 4 is 23.3 Å². The van der Waals surface area contributed by atoms with Crippen molar-refractivity contribution in [2.24, 2.45) is 11.8 Å². The molecular formula is C25H34ClF2N5O2. The number of carbonyl (C=O) groups is 1. The molecular weight excluding hydrogens is 476 g/mol. The number of nitrogens with zero attached hydrogens (tertiary/aromatic N) is 3. The first-order chi connectivity index (χ1) is 16.7. The lowest BCUT2D eigenvalue weighted by Gasteiger charge is -2.26. The fourth-order valence-electron chi connectivity index (χ4n) is 5.07. The number of hydrogen-bond acceptors (Lipinski definition) is 5. The van der Waals surface area contributed by atoms with Gasteiger partial charge in [0.1, 0.15) is 11.6 Å². The first kappa shape index (κ1) is 25.7. The van der Waals surface area contributed by atoms with Gasteiger partial charge in [0.2, 0.25) is 5.92 Å². The lowest BCUT2D eigenvalue weighted by atomic mass is 9.83. The summed E-state index contributed by atoms with van der Waals surface area (Å²) < 4.78 is 34.3. The van der Waals surface area contributed by atoms with Crippen molar-refractivity contribution in [3.05, 3.63) is 23.0 Å². The number of ether oxygens (including phenoxy) is 1. The Hall–Kier alpha value is -2.42. The number of hydrogen-bond donors (Lipinski definition) is 2. The molecule has 1 unspecified atom stereocenters. The second-order valence-corrected chi connectivity index (χ2v) is 10.3. The number of aromatic nitrogens is 3. The van der Waals surface area contributed by atoms with Crippen LogP contribution in [0.4, 0.5) is 14.6 Å². The van der Waals surface area contributed by atoms with E-state index in [9.17, 15) is 13.6 Å². The average molecular weight is 510 g/mol. The van der Waals surface area contributed by atoms with Crippen molar-refractivity contribution in [2.45, 2.75) is 77.3 Å². The highest BCUT2D eigenvalue weighted by Gasteiger charge is 2.39. The number of anilines is 1. The number of amides is 1. The van der Waals surface area contributed by atoms with Crippen molar-refractivity contribution in [3.8, 4) is 17.0 Å². The van der Waals surface area contributed by atoms with Gasteiger partial charge in [0, 0.05) is 44.2 Å². The third-order valence-electron chi connectivity index (χ3n) is 7.19. The van der Waals surface area contributed by atoms with Crippen LogP contribution in [0.15, 0.2) is 12.3 Å². The summed E-state index contributed by atoms with van der Waals surface area (Å²) in [5.41, 5.74) is 1.29. The van der Waals surface area contributed by atoms with Gasteiger partial charge in [0.05, 0.1) is 23.4 Å². The molecule has 0 radical (unpaired) electrons. The van der Waals surface area contributed by atoms with Gasteiger partial charge < -0.3 is 15.4 Å². The van der Waals surface area contributed by atoms with Gasteiger partial charge in [-0.15, -0.1) is 0 Å². The van der Waals surface area contributed by atoms with E-state index >= 15 is 0 Å². The minimum atomic E-state index is -2.64. The van der Waals surface area contributed by atoms with E-state index in [-0.39, 0.29) is 35.5 Å². The third kappa shape index (κ3) is 5.88. The molecule has 0 spiro atoms. The van der Waals surface area contributed by atoms with Crippen molar-refractivity contribution in [1.29, 1.82) is 0 Å². The van der Waals surface area contributed by atoms with Crippen LogP contribution in [0.25, 0.3) is 11.3 Å². The van der Waals surface area contributed by atoms with E-state index in [1.54, 1.807) is 16.9 Å². The van der Waals surface area contributed by atoms with Crippen LogP contribution in [0.1, 0.15) is 69.3 Å². The second-order valence-electron chi connectivity index (χ2n) is 9.87. The summed E-state index contributed by atoms with van der Waals surface area (Å²) in [6.45, 7) is 5.28. The van der Waals surface area contributed by atoms with E-state index in [1.165, 1.54) is 20.0 Å². The molecule has 10 heteroatoms. The molecule has 0 aliphatic heterocycles. The van der Waals surface area contributed by atoms with E-state index < -0.39 is 5.92 Å². The molecule has 2 N–H and O–H groups in total. The molecule has 2 aromatic heterocycles. The summed E-state index contributed by atoms with van der Waals surface area (Å²) in [6, 6.07) is 1.32. The largest absolute Gasteiger partial charge is 0.496 e. The average Bonchev–Trinajstić information content (AvgIpc) is 3.36. The monoisotopic (exact) mass is 509 g/mol. The Morgan fingerprint density at radius 1 is 1.29 bits per heavy atom. The van der Waals surface area contributed by atoms with Gasteiger partial charge in [-0.25, -0.2) is 13.8 Å². The fraction of sp³-hybridized carbons (Fsp3) is 0.640. The molecule has 7 nitrogen and oxygen atoms in total. The smallest absolute Gasteiger partial charge is 0.273 e. The number of methoxy groups -OCH3 is 1. The standard InChI is InChI=1S/C25H34ClF2N5O2/c1-4-33-23(21(26)22(32-33)24(34)30-13-16-7-5-15(2)6-8-16)18-14-29-20(11-19(18)35-3)31-17-9-10-25(27,28)12-17/h11,14-17H,4-10,12-13H2,1-3H3,(H,29,31)(H,30,34). The highest BCUT2D eigenvalue weighted by atomic mass is 35.5. The third-order valence-corrected chi connectivity index (χ3v) is 7.55. The molecule has 0 bridgehead atoms. The maximum Gasteiger partial charge on any atom is 0.273 e. The van der Waals surface area contributed by atoms with E-state index in [4.69, 9.17) is 16.3 Å². The summed E-state index contributed by atoms with van der Waals surface area (Å²) in [4.78, 5) is 17.4. The van der Waals surface area contributed by atoms with Gasteiger partial charge in [-0.05, 0) is 38.0 Å². The number of rotatable bonds is 8. The highest BCUT2D eigenvalue weighted by molar-refractivity contribution is 6.36. The van der Waals surface area contributed by atoms with Crippen LogP contribution in [0.3, 0.4) is 0 Å². The van der Waals surface area contributed by atoms with Crippen LogP contribution in [0.5, 0.6) is 5.75 Å². The quantitative estimate of drug-likeness (QED) is 0.471. The topological polar surface area (TPSA) is 81.1 Å². The summed E-state index contributed by atoms with van der Waals surface area (Å²) in [6.07, 6.45) is 6.23. The lowest BCUT2D eigenvalue weighted by molar-refractivity contribution is 0.00851. The highest BCUT2D eigenvalue weighted by Crippen LogP contribution is 2.39. The minimum absolute atomic E-state index is 0.129. The molecule has 1 atom stereocenters. The molecule has 4 rings (SSSR count). The van der Waals surface area contributed by atoms with Gasteiger partial charge in [-0.1, -0.05) is 31.4 Å². The first-order valence-electron chi connectivity index (χ1n) is 12.4. The normalized spacial score (nSPS) is 23.8. The molecule has 192 valence electrons. The zero-order valence-electron chi connectivity index (χ0n) is 20.5. The van der Waals surface area contributed by atoms with Crippen molar-refractivity contribution in [1.82, 2.24) is 20.1 Å². The summed E-state index contributed by atoms with van der Waals surface area (Å²) in [5, 5.41) is 10.8. The molecule has 2 aromatic rings. The van der Waals surface area contributed by atoms with Crippen LogP contribution < -0.4 is 15.4 Å². The van der Waals surface area contributed by atoms with Crippen LogP contribution in [0.2, 0.25) is 5.02 Å². The Morgan fingerprint density at radius 3 is 2.66 bits per heavy atom. The van der Waals surface area contributed by atoms with Gasteiger partial charge in [-0.2, -0.15) is 5.10 Å². The number of aryl methyl sites for hydroxylation is 1. The molecule has 2 aliphatic carbocycles. The summed E-state index contributed by atoms with van der Waals surface area (Å²) in [5.74, 6) is -0.794. The first-order valence-corrected chi connectivity index (χ1v) is 12.8. The van der Waals surface area contributed by atoms with Crippen LogP contribution in [0, 0.1) is 11.8 Å².